The molecule has 0 spiro atoms. The zero-order chi connectivity index (χ0) is 28.4. The van der Waals surface area contributed by atoms with Crippen LogP contribution in [0, 0.1) is 5.92 Å². The summed E-state index contributed by atoms with van der Waals surface area (Å²) in [4.78, 5) is 24.5. The lowest BCUT2D eigenvalue weighted by atomic mass is 10.1. The van der Waals surface area contributed by atoms with E-state index >= 15 is 0 Å². The van der Waals surface area contributed by atoms with Gasteiger partial charge in [0.2, 0.25) is 16.0 Å². The Morgan fingerprint density at radius 2 is 1.92 bits per heavy atom. The third-order valence-electron chi connectivity index (χ3n) is 6.27. The molecule has 39 heavy (non-hydrogen) atoms. The van der Waals surface area contributed by atoms with Crippen LogP contribution in [0.3, 0.4) is 0 Å². The maximum absolute atomic E-state index is 13.7. The average molecular weight is 564 g/mol. The lowest BCUT2D eigenvalue weighted by molar-refractivity contribution is -0.137. The molecule has 4 rings (SSSR count). The third kappa shape index (κ3) is 7.13. The topological polar surface area (TPSA) is 129 Å². The molecule has 1 amide bonds. The van der Waals surface area contributed by atoms with Crippen LogP contribution in [-0.2, 0) is 22.7 Å². The number of aromatic nitrogens is 3. The summed E-state index contributed by atoms with van der Waals surface area (Å²) in [6.45, 7) is 1.76. The summed E-state index contributed by atoms with van der Waals surface area (Å²) in [5.74, 6) is -0.339. The smallest absolute Gasteiger partial charge is 0.365 e. The van der Waals surface area contributed by atoms with Crippen LogP contribution in [0.2, 0.25) is 0 Å². The van der Waals surface area contributed by atoms with Crippen LogP contribution in [0.5, 0.6) is 0 Å². The van der Waals surface area contributed by atoms with E-state index in [0.29, 0.717) is 28.9 Å². The van der Waals surface area contributed by atoms with E-state index in [1.165, 1.54) is 13.2 Å². The van der Waals surface area contributed by atoms with Crippen LogP contribution in [0.4, 0.5) is 36.4 Å². The molecule has 0 aliphatic heterocycles. The molecule has 3 N–H and O–H groups in total. The lowest BCUT2D eigenvalue weighted by Crippen LogP contribution is -2.33. The van der Waals surface area contributed by atoms with Gasteiger partial charge in [-0.2, -0.15) is 18.2 Å². The molecule has 1 fully saturated rings. The van der Waals surface area contributed by atoms with Crippen LogP contribution in [0.1, 0.15) is 41.3 Å². The van der Waals surface area contributed by atoms with Crippen LogP contribution >= 0.6 is 0 Å². The van der Waals surface area contributed by atoms with E-state index in [1.54, 1.807) is 36.4 Å². The minimum Gasteiger partial charge on any atom is -0.365 e. The SMILES string of the molecule is CC(NC(=O)c1cccc(Nc2ncc(C(F)(F)F)c(NCc3cccnc3N(C)S(C)(=O)=O)n2)c1)C1CC1. The van der Waals surface area contributed by atoms with Gasteiger partial charge in [0.25, 0.3) is 5.91 Å². The second-order valence-electron chi connectivity index (χ2n) is 9.33. The molecule has 1 aliphatic carbocycles. The van der Waals surface area contributed by atoms with Gasteiger partial charge in [0.1, 0.15) is 17.2 Å². The van der Waals surface area contributed by atoms with E-state index < -0.39 is 27.6 Å². The number of sulfonamides is 1. The molecule has 0 saturated heterocycles. The fourth-order valence-corrected chi connectivity index (χ4v) is 4.32. The molecule has 1 saturated carbocycles. The molecule has 1 unspecified atom stereocenters. The Labute approximate surface area is 224 Å². The monoisotopic (exact) mass is 563 g/mol. The standard InChI is InChI=1S/C25H28F3N7O3S/c1-15(16-9-10-16)32-23(36)17-6-4-8-19(12-17)33-24-31-14-20(25(26,27)28)21(34-24)30-13-18-7-5-11-29-22(18)35(2)39(3,37)38/h4-8,11-12,14-16H,9-10,13H2,1-3H3,(H,32,36)(H2,30,31,33,34). The van der Waals surface area contributed by atoms with Crippen LogP contribution in [0.15, 0.2) is 48.8 Å². The largest absolute Gasteiger partial charge is 0.421 e. The molecule has 1 aliphatic rings. The van der Waals surface area contributed by atoms with Gasteiger partial charge in [-0.1, -0.05) is 12.1 Å². The first-order valence-electron chi connectivity index (χ1n) is 12.1. The number of anilines is 4. The van der Waals surface area contributed by atoms with Crippen molar-refractivity contribution in [1.29, 1.82) is 0 Å². The van der Waals surface area contributed by atoms with Gasteiger partial charge in [0.05, 0.1) is 6.26 Å². The van der Waals surface area contributed by atoms with Crippen molar-refractivity contribution in [3.05, 3.63) is 65.5 Å². The van der Waals surface area contributed by atoms with E-state index in [2.05, 4.69) is 30.9 Å². The summed E-state index contributed by atoms with van der Waals surface area (Å²) in [5.41, 5.74) is 0.0385. The number of nitrogens with zero attached hydrogens (tertiary/aromatic N) is 4. The predicted octanol–water partition coefficient (Wildman–Crippen LogP) is 4.17. The summed E-state index contributed by atoms with van der Waals surface area (Å²) >= 11 is 0. The summed E-state index contributed by atoms with van der Waals surface area (Å²) < 4.78 is 66.0. The van der Waals surface area contributed by atoms with Gasteiger partial charge in [-0.25, -0.2) is 18.4 Å². The number of carbonyl (C=O) groups excluding carboxylic acids is 1. The predicted molar refractivity (Wildman–Crippen MR) is 141 cm³/mol. The number of hydrogen-bond acceptors (Lipinski definition) is 8. The molecule has 0 radical (unpaired) electrons. The van der Waals surface area contributed by atoms with E-state index in [1.807, 2.05) is 6.92 Å². The van der Waals surface area contributed by atoms with Gasteiger partial charge in [-0.3, -0.25) is 9.10 Å². The molecular weight excluding hydrogens is 535 g/mol. The lowest BCUT2D eigenvalue weighted by Gasteiger charge is -2.20. The minimum atomic E-state index is -4.75. The number of carbonyl (C=O) groups is 1. The molecular formula is C25H28F3N7O3S. The Bertz CT molecular complexity index is 1460. The van der Waals surface area contributed by atoms with Crippen LogP contribution in [-0.4, -0.2) is 48.6 Å². The number of pyridine rings is 1. The van der Waals surface area contributed by atoms with E-state index in [4.69, 9.17) is 0 Å². The van der Waals surface area contributed by atoms with Crippen LogP contribution < -0.4 is 20.3 Å². The summed E-state index contributed by atoms with van der Waals surface area (Å²) in [6.07, 6.45) is 0.448. The molecule has 2 aromatic heterocycles. The first-order valence-corrected chi connectivity index (χ1v) is 13.9. The maximum Gasteiger partial charge on any atom is 0.421 e. The Balaban J connectivity index is 1.55. The average Bonchev–Trinajstić information content (AvgIpc) is 3.72. The van der Waals surface area contributed by atoms with Crippen molar-refractivity contribution in [3.63, 3.8) is 0 Å². The number of halogens is 3. The summed E-state index contributed by atoms with van der Waals surface area (Å²) in [7, 11) is -2.35. The van der Waals surface area contributed by atoms with Crippen molar-refractivity contribution in [2.75, 3.05) is 28.2 Å². The van der Waals surface area contributed by atoms with Gasteiger partial charge in [-0.05, 0) is 49.9 Å². The van der Waals surface area contributed by atoms with Gasteiger partial charge >= 0.3 is 6.18 Å². The normalized spacial score (nSPS) is 14.4. The zero-order valence-electron chi connectivity index (χ0n) is 21.5. The Kier molecular flexibility index (Phi) is 7.95. The Morgan fingerprint density at radius 1 is 1.18 bits per heavy atom. The Morgan fingerprint density at radius 3 is 2.59 bits per heavy atom. The van der Waals surface area contributed by atoms with Crippen molar-refractivity contribution < 1.29 is 26.4 Å². The van der Waals surface area contributed by atoms with Crippen molar-refractivity contribution in [3.8, 4) is 0 Å². The first-order chi connectivity index (χ1) is 18.3. The second-order valence-corrected chi connectivity index (χ2v) is 11.3. The maximum atomic E-state index is 13.7. The van der Waals surface area contributed by atoms with Gasteiger partial charge in [0, 0.05) is 48.8 Å². The van der Waals surface area contributed by atoms with Crippen LogP contribution in [0.25, 0.3) is 0 Å². The van der Waals surface area contributed by atoms with Gasteiger partial charge in [-0.15, -0.1) is 0 Å². The second kappa shape index (κ2) is 11.0. The van der Waals surface area contributed by atoms with Gasteiger partial charge in [0.15, 0.2) is 0 Å². The van der Waals surface area contributed by atoms with E-state index in [0.717, 1.165) is 23.4 Å². The molecule has 14 heteroatoms. The van der Waals surface area contributed by atoms with Crippen molar-refractivity contribution in [2.45, 2.75) is 38.5 Å². The van der Waals surface area contributed by atoms with Gasteiger partial charge < -0.3 is 16.0 Å². The number of rotatable bonds is 10. The summed E-state index contributed by atoms with van der Waals surface area (Å²) in [6, 6.07) is 9.63. The first kappa shape index (κ1) is 28.1. The zero-order valence-corrected chi connectivity index (χ0v) is 22.3. The fourth-order valence-electron chi connectivity index (χ4n) is 3.84. The Hall–Kier alpha value is -3.94. The summed E-state index contributed by atoms with van der Waals surface area (Å²) in [5, 5.41) is 8.44. The molecule has 1 atom stereocenters. The molecule has 208 valence electrons. The quantitative estimate of drug-likeness (QED) is 0.335. The number of alkyl halides is 3. The highest BCUT2D eigenvalue weighted by Crippen LogP contribution is 2.35. The third-order valence-corrected chi connectivity index (χ3v) is 7.44. The van der Waals surface area contributed by atoms with E-state index in [-0.39, 0.29) is 30.3 Å². The number of hydrogen-bond donors (Lipinski definition) is 3. The number of benzene rings is 1. The molecule has 10 nitrogen and oxygen atoms in total. The number of amides is 1. The highest BCUT2D eigenvalue weighted by Gasteiger charge is 2.35. The highest BCUT2D eigenvalue weighted by molar-refractivity contribution is 7.92. The fraction of sp³-hybridized carbons (Fsp3) is 0.360. The highest BCUT2D eigenvalue weighted by atomic mass is 32.2. The van der Waals surface area contributed by atoms with E-state index in [9.17, 15) is 26.4 Å². The molecule has 1 aromatic carbocycles. The van der Waals surface area contributed by atoms with Crippen molar-refractivity contribution in [2.24, 2.45) is 5.92 Å². The minimum absolute atomic E-state index is 0.0542. The molecule has 2 heterocycles. The van der Waals surface area contributed by atoms with Crippen molar-refractivity contribution in [1.82, 2.24) is 20.3 Å². The molecule has 3 aromatic rings. The van der Waals surface area contributed by atoms with Crippen molar-refractivity contribution >= 4 is 39.2 Å². The number of nitrogens with one attached hydrogen (secondary N) is 3. The molecule has 0 bridgehead atoms.